The van der Waals surface area contributed by atoms with Crippen molar-refractivity contribution in [3.05, 3.63) is 35.9 Å². The van der Waals surface area contributed by atoms with E-state index in [2.05, 4.69) is 22.0 Å². The quantitative estimate of drug-likeness (QED) is 0.368. The van der Waals surface area contributed by atoms with Crippen LogP contribution in [-0.4, -0.2) is 18.6 Å². The average Bonchev–Trinajstić information content (AvgIpc) is 2.27. The van der Waals surface area contributed by atoms with E-state index in [-0.39, 0.29) is 6.61 Å². The number of carbonyl (C=O) groups excluding carboxylic acids is 2. The summed E-state index contributed by atoms with van der Waals surface area (Å²) in [5.74, 6) is -0.851. The first-order valence-corrected chi connectivity index (χ1v) is 4.64. The average molecular weight is 223 g/mol. The SMILES string of the molecule is O=C([B]S)OC(=O)OCc1ccccc1. The molecule has 0 aliphatic rings. The summed E-state index contributed by atoms with van der Waals surface area (Å²) in [6, 6.07) is 9.06. The molecule has 1 aromatic carbocycles. The van der Waals surface area contributed by atoms with E-state index in [1.807, 2.05) is 18.2 Å². The summed E-state index contributed by atoms with van der Waals surface area (Å²) in [4.78, 5) is 21.4. The fourth-order valence-corrected chi connectivity index (χ4v) is 0.907. The normalized spacial score (nSPS) is 9.13. The van der Waals surface area contributed by atoms with Crippen LogP contribution in [0.15, 0.2) is 30.3 Å². The molecule has 1 radical (unpaired) electrons. The number of ether oxygens (including phenoxy) is 2. The number of rotatable bonds is 3. The zero-order valence-corrected chi connectivity index (χ0v) is 8.65. The number of carbonyl (C=O) groups is 2. The highest BCUT2D eigenvalue weighted by molar-refractivity contribution is 8.09. The van der Waals surface area contributed by atoms with Crippen LogP contribution in [0.3, 0.4) is 0 Å². The summed E-state index contributed by atoms with van der Waals surface area (Å²) in [7, 11) is 0. The number of hydrogen-bond donors (Lipinski definition) is 1. The molecular formula is C9H8BO4S. The van der Waals surface area contributed by atoms with Gasteiger partial charge in [0.1, 0.15) is 6.61 Å². The molecule has 1 rings (SSSR count). The Labute approximate surface area is 93.1 Å². The highest BCUT2D eigenvalue weighted by Crippen LogP contribution is 2.01. The van der Waals surface area contributed by atoms with Gasteiger partial charge in [-0.1, -0.05) is 30.3 Å². The fraction of sp³-hybridized carbons (Fsp3) is 0.111. The van der Waals surface area contributed by atoms with E-state index in [0.29, 0.717) is 0 Å². The first kappa shape index (κ1) is 11.6. The van der Waals surface area contributed by atoms with Gasteiger partial charge in [0.25, 0.3) is 5.87 Å². The van der Waals surface area contributed by atoms with Gasteiger partial charge in [0.2, 0.25) is 0 Å². The van der Waals surface area contributed by atoms with Crippen molar-refractivity contribution in [3.63, 3.8) is 0 Å². The van der Waals surface area contributed by atoms with E-state index in [4.69, 9.17) is 0 Å². The minimum Gasteiger partial charge on any atom is -0.429 e. The van der Waals surface area contributed by atoms with Crippen molar-refractivity contribution in [3.8, 4) is 0 Å². The Bertz CT molecular complexity index is 341. The zero-order chi connectivity index (χ0) is 11.1. The Kier molecular flexibility index (Phi) is 4.76. The predicted molar refractivity (Wildman–Crippen MR) is 57.8 cm³/mol. The van der Waals surface area contributed by atoms with Crippen LogP contribution in [0, 0.1) is 0 Å². The Balaban J connectivity index is 2.32. The molecule has 1 aromatic rings. The van der Waals surface area contributed by atoms with E-state index in [9.17, 15) is 9.59 Å². The molecule has 0 amide bonds. The summed E-state index contributed by atoms with van der Waals surface area (Å²) in [6.45, 7) is 0.906. The van der Waals surface area contributed by atoms with Crippen molar-refractivity contribution in [2.45, 2.75) is 6.61 Å². The van der Waals surface area contributed by atoms with Crippen molar-refractivity contribution < 1.29 is 19.1 Å². The Morgan fingerprint density at radius 2 is 1.93 bits per heavy atom. The first-order valence-electron chi connectivity index (χ1n) is 4.12. The standard InChI is InChI=1S/C9H8BO4S/c11-8(10-15)14-9(12)13-6-7-4-2-1-3-5-7/h1-5,15H,6H2. The van der Waals surface area contributed by atoms with Gasteiger partial charge in [-0.05, 0) is 5.56 Å². The van der Waals surface area contributed by atoms with Crippen molar-refractivity contribution in [1.29, 1.82) is 0 Å². The molecule has 0 spiro atoms. The van der Waals surface area contributed by atoms with Gasteiger partial charge < -0.3 is 9.47 Å². The lowest BCUT2D eigenvalue weighted by Gasteiger charge is -2.03. The summed E-state index contributed by atoms with van der Waals surface area (Å²) < 4.78 is 8.85. The molecule has 0 heterocycles. The number of thiol groups is 1. The highest BCUT2D eigenvalue weighted by Gasteiger charge is 2.10. The molecule has 77 valence electrons. The van der Waals surface area contributed by atoms with Gasteiger partial charge in [0, 0.05) is 0 Å². The van der Waals surface area contributed by atoms with Gasteiger partial charge in [0.05, 0.1) is 0 Å². The fourth-order valence-electron chi connectivity index (χ4n) is 0.854. The van der Waals surface area contributed by atoms with Crippen molar-refractivity contribution in [2.75, 3.05) is 0 Å². The van der Waals surface area contributed by atoms with Gasteiger partial charge in [-0.15, -0.1) is 0 Å². The minimum atomic E-state index is -1.03. The Morgan fingerprint density at radius 1 is 1.27 bits per heavy atom. The molecule has 0 unspecified atom stereocenters. The second-order valence-electron chi connectivity index (χ2n) is 2.57. The highest BCUT2D eigenvalue weighted by atomic mass is 32.1. The summed E-state index contributed by atoms with van der Waals surface area (Å²) in [6.07, 6.45) is -1.03. The maximum absolute atomic E-state index is 10.9. The first-order chi connectivity index (χ1) is 7.22. The largest absolute Gasteiger partial charge is 0.515 e. The third kappa shape index (κ3) is 4.55. The summed E-state index contributed by atoms with van der Waals surface area (Å²) in [5.41, 5.74) is 0.816. The van der Waals surface area contributed by atoms with E-state index < -0.39 is 12.0 Å². The van der Waals surface area contributed by atoms with E-state index in [1.54, 1.807) is 12.1 Å². The molecule has 6 heteroatoms. The summed E-state index contributed by atoms with van der Waals surface area (Å²) >= 11 is 3.52. The Hall–Kier alpha value is -1.43. The van der Waals surface area contributed by atoms with Crippen LogP contribution >= 0.6 is 12.5 Å². The van der Waals surface area contributed by atoms with Gasteiger partial charge in [-0.25, -0.2) is 17.3 Å². The van der Waals surface area contributed by atoms with E-state index in [0.717, 1.165) is 12.1 Å². The van der Waals surface area contributed by atoms with Crippen LogP contribution in [0.1, 0.15) is 5.56 Å². The van der Waals surface area contributed by atoms with Crippen molar-refractivity contribution >= 4 is 31.1 Å². The molecule has 4 nitrogen and oxygen atoms in total. The topological polar surface area (TPSA) is 52.6 Å². The van der Waals surface area contributed by atoms with Gasteiger partial charge in [-0.3, -0.25) is 4.79 Å². The lowest BCUT2D eigenvalue weighted by molar-refractivity contribution is 0.0772. The van der Waals surface area contributed by atoms with Crippen LogP contribution in [-0.2, 0) is 16.1 Å². The molecule has 0 N–H and O–H groups in total. The van der Waals surface area contributed by atoms with Gasteiger partial charge in [-0.2, -0.15) is 0 Å². The van der Waals surface area contributed by atoms with Crippen LogP contribution < -0.4 is 0 Å². The third-order valence-electron chi connectivity index (χ3n) is 1.49. The second-order valence-corrected chi connectivity index (χ2v) is 2.83. The second kappa shape index (κ2) is 6.13. The molecule has 0 atom stereocenters. The third-order valence-corrected chi connectivity index (χ3v) is 1.70. The molecule has 0 aliphatic carbocycles. The van der Waals surface area contributed by atoms with Crippen LogP contribution in [0.25, 0.3) is 0 Å². The maximum Gasteiger partial charge on any atom is 0.515 e. The molecule has 0 aromatic heterocycles. The molecule has 15 heavy (non-hydrogen) atoms. The lowest BCUT2D eigenvalue weighted by atomic mass is 10.1. The lowest BCUT2D eigenvalue weighted by Crippen LogP contribution is -2.14. The number of hydrogen-bond acceptors (Lipinski definition) is 5. The molecule has 0 bridgehead atoms. The zero-order valence-electron chi connectivity index (χ0n) is 7.75. The maximum atomic E-state index is 10.9. The Morgan fingerprint density at radius 3 is 2.53 bits per heavy atom. The van der Waals surface area contributed by atoms with Gasteiger partial charge >= 0.3 is 12.7 Å². The predicted octanol–water partition coefficient (Wildman–Crippen LogP) is 2.01. The van der Waals surface area contributed by atoms with Crippen LogP contribution in [0.2, 0.25) is 0 Å². The van der Waals surface area contributed by atoms with Crippen LogP contribution in [0.5, 0.6) is 0 Å². The van der Waals surface area contributed by atoms with Crippen molar-refractivity contribution in [1.82, 2.24) is 0 Å². The van der Waals surface area contributed by atoms with E-state index >= 15 is 0 Å². The molecule has 0 saturated carbocycles. The smallest absolute Gasteiger partial charge is 0.429 e. The van der Waals surface area contributed by atoms with Crippen LogP contribution in [0.4, 0.5) is 9.59 Å². The number of benzene rings is 1. The molecule has 0 fully saturated rings. The monoisotopic (exact) mass is 223 g/mol. The van der Waals surface area contributed by atoms with E-state index in [1.165, 1.54) is 0 Å². The summed E-state index contributed by atoms with van der Waals surface area (Å²) in [5, 5.41) is 0. The minimum absolute atomic E-state index is 0.0690. The molecular weight excluding hydrogens is 215 g/mol. The molecule has 0 saturated heterocycles. The van der Waals surface area contributed by atoms with Gasteiger partial charge in [0.15, 0.2) is 0 Å². The molecule has 0 aliphatic heterocycles. The van der Waals surface area contributed by atoms with Crippen molar-refractivity contribution in [2.24, 2.45) is 0 Å².